The number of piperidine rings is 1. The molecule has 1 aromatic rings. The van der Waals surface area contributed by atoms with E-state index in [4.69, 9.17) is 4.74 Å². The predicted octanol–water partition coefficient (Wildman–Crippen LogP) is 3.56. The van der Waals surface area contributed by atoms with E-state index in [1.165, 1.54) is 32.1 Å². The number of benzene rings is 1. The second kappa shape index (κ2) is 5.68. The van der Waals surface area contributed by atoms with Gasteiger partial charge in [-0.15, -0.1) is 0 Å². The Balaban J connectivity index is 1.77. The summed E-state index contributed by atoms with van der Waals surface area (Å²) in [6, 6.07) is 2.58. The van der Waals surface area contributed by atoms with Gasteiger partial charge in [-0.05, 0) is 38.1 Å². The minimum atomic E-state index is -0.472. The largest absolute Gasteiger partial charge is 0.497 e. The Hall–Kier alpha value is -1.16. The molecule has 1 aliphatic heterocycles. The Morgan fingerprint density at radius 2 is 1.90 bits per heavy atom. The Bertz CT molecular complexity index is 464. The summed E-state index contributed by atoms with van der Waals surface area (Å²) in [4.78, 5) is 2.37. The lowest BCUT2D eigenvalue weighted by Gasteiger charge is -2.33. The maximum absolute atomic E-state index is 14.1. The zero-order valence-electron chi connectivity index (χ0n) is 11.9. The number of likely N-dealkylation sites (tertiary alicyclic amines) is 1. The van der Waals surface area contributed by atoms with Crippen molar-refractivity contribution >= 4 is 0 Å². The molecular weight excluding hydrogens is 260 g/mol. The van der Waals surface area contributed by atoms with Gasteiger partial charge in [-0.3, -0.25) is 0 Å². The van der Waals surface area contributed by atoms with E-state index in [-0.39, 0.29) is 17.2 Å². The molecule has 1 atom stereocenters. The number of rotatable bonds is 4. The molecule has 0 bridgehead atoms. The second-order valence-electron chi connectivity index (χ2n) is 6.05. The highest BCUT2D eigenvalue weighted by molar-refractivity contribution is 5.33. The quantitative estimate of drug-likeness (QED) is 0.836. The van der Waals surface area contributed by atoms with E-state index in [9.17, 15) is 8.78 Å². The lowest BCUT2D eigenvalue weighted by atomic mass is 9.89. The van der Waals surface area contributed by atoms with Gasteiger partial charge in [0.2, 0.25) is 0 Å². The second-order valence-corrected chi connectivity index (χ2v) is 6.05. The number of nitrogens with zero attached hydrogens (tertiary/aromatic N) is 1. The molecule has 0 N–H and O–H groups in total. The molecule has 2 nitrogen and oxygen atoms in total. The van der Waals surface area contributed by atoms with Crippen LogP contribution in [-0.4, -0.2) is 31.6 Å². The summed E-state index contributed by atoms with van der Waals surface area (Å²) in [5.74, 6) is 0.0855. The van der Waals surface area contributed by atoms with Crippen molar-refractivity contribution in [2.75, 3.05) is 26.7 Å². The lowest BCUT2D eigenvalue weighted by molar-refractivity contribution is 0.196. The van der Waals surface area contributed by atoms with Crippen molar-refractivity contribution in [2.24, 2.45) is 5.92 Å². The summed E-state index contributed by atoms with van der Waals surface area (Å²) < 4.78 is 33.2. The van der Waals surface area contributed by atoms with Gasteiger partial charge >= 0.3 is 0 Å². The maximum Gasteiger partial charge on any atom is 0.133 e. The smallest absolute Gasteiger partial charge is 0.133 e. The van der Waals surface area contributed by atoms with Crippen LogP contribution in [0.25, 0.3) is 0 Å². The predicted molar refractivity (Wildman–Crippen MR) is 74.0 cm³/mol. The van der Waals surface area contributed by atoms with Crippen molar-refractivity contribution in [1.29, 1.82) is 0 Å². The van der Waals surface area contributed by atoms with Crippen molar-refractivity contribution in [3.63, 3.8) is 0 Å². The average Bonchev–Trinajstić information content (AvgIpc) is 3.22. The highest BCUT2D eigenvalue weighted by Gasteiger charge is 2.30. The molecule has 1 saturated carbocycles. The van der Waals surface area contributed by atoms with Crippen LogP contribution in [0.4, 0.5) is 8.78 Å². The molecule has 0 aromatic heterocycles. The maximum atomic E-state index is 14.1. The Kier molecular flexibility index (Phi) is 3.92. The van der Waals surface area contributed by atoms with Crippen LogP contribution in [0.1, 0.15) is 37.2 Å². The van der Waals surface area contributed by atoms with Crippen molar-refractivity contribution < 1.29 is 13.5 Å². The number of ether oxygens (including phenoxy) is 1. The zero-order chi connectivity index (χ0) is 14.1. The van der Waals surface area contributed by atoms with E-state index in [1.807, 2.05) is 0 Å². The van der Waals surface area contributed by atoms with Gasteiger partial charge in [0.25, 0.3) is 0 Å². The third-order valence-electron chi connectivity index (χ3n) is 4.42. The van der Waals surface area contributed by atoms with Crippen LogP contribution < -0.4 is 4.74 Å². The van der Waals surface area contributed by atoms with Crippen LogP contribution in [0.3, 0.4) is 0 Å². The molecule has 20 heavy (non-hydrogen) atoms. The van der Waals surface area contributed by atoms with Crippen LogP contribution >= 0.6 is 0 Å². The van der Waals surface area contributed by atoms with Crippen molar-refractivity contribution in [1.82, 2.24) is 4.90 Å². The molecule has 0 spiro atoms. The highest BCUT2D eigenvalue weighted by Crippen LogP contribution is 2.35. The van der Waals surface area contributed by atoms with Gasteiger partial charge in [-0.2, -0.15) is 0 Å². The minimum Gasteiger partial charge on any atom is -0.497 e. The van der Waals surface area contributed by atoms with Crippen molar-refractivity contribution in [3.8, 4) is 5.75 Å². The van der Waals surface area contributed by atoms with E-state index in [1.54, 1.807) is 0 Å². The molecule has 3 rings (SSSR count). The van der Waals surface area contributed by atoms with Crippen LogP contribution in [0.5, 0.6) is 5.75 Å². The number of hydrogen-bond acceptors (Lipinski definition) is 2. The highest BCUT2D eigenvalue weighted by atomic mass is 19.1. The molecule has 2 aliphatic rings. The van der Waals surface area contributed by atoms with Gasteiger partial charge in [0.1, 0.15) is 17.4 Å². The molecule has 0 amide bonds. The first-order valence-electron chi connectivity index (χ1n) is 7.42. The van der Waals surface area contributed by atoms with Crippen LogP contribution in [0.2, 0.25) is 0 Å². The standard InChI is InChI=1S/C16H21F2NO/c1-20-13-7-14(17)16(15(18)8-13)12-3-2-6-19(10-12)9-11-4-5-11/h7-8,11-12H,2-6,9-10H2,1H3. The summed E-state index contributed by atoms with van der Waals surface area (Å²) >= 11 is 0. The normalized spacial score (nSPS) is 23.9. The monoisotopic (exact) mass is 281 g/mol. The molecular formula is C16H21F2NO. The van der Waals surface area contributed by atoms with Gasteiger partial charge in [-0.1, -0.05) is 0 Å². The summed E-state index contributed by atoms with van der Waals surface area (Å²) in [5.41, 5.74) is 0.242. The molecule has 1 aromatic carbocycles. The van der Waals surface area contributed by atoms with Gasteiger partial charge in [-0.25, -0.2) is 8.78 Å². The Labute approximate surface area is 118 Å². The fraction of sp³-hybridized carbons (Fsp3) is 0.625. The van der Waals surface area contributed by atoms with E-state index >= 15 is 0 Å². The van der Waals surface area contributed by atoms with E-state index in [0.29, 0.717) is 0 Å². The first-order chi connectivity index (χ1) is 9.67. The molecule has 1 heterocycles. The Morgan fingerprint density at radius 1 is 1.20 bits per heavy atom. The third-order valence-corrected chi connectivity index (χ3v) is 4.42. The molecule has 4 heteroatoms. The summed E-state index contributed by atoms with van der Waals surface area (Å²) in [7, 11) is 1.42. The van der Waals surface area contributed by atoms with Gasteiger partial charge < -0.3 is 9.64 Å². The SMILES string of the molecule is COc1cc(F)c(C2CCCN(CC3CC3)C2)c(F)c1. The first kappa shape index (κ1) is 13.8. The third kappa shape index (κ3) is 2.95. The fourth-order valence-corrected chi connectivity index (χ4v) is 3.19. The minimum absolute atomic E-state index is 0.0339. The van der Waals surface area contributed by atoms with Crippen molar-refractivity contribution in [2.45, 2.75) is 31.6 Å². The summed E-state index contributed by atoms with van der Waals surface area (Å²) in [5, 5.41) is 0. The fourth-order valence-electron chi connectivity index (χ4n) is 3.19. The number of halogens is 2. The Morgan fingerprint density at radius 3 is 2.50 bits per heavy atom. The van der Waals surface area contributed by atoms with Crippen molar-refractivity contribution in [3.05, 3.63) is 29.3 Å². The topological polar surface area (TPSA) is 12.5 Å². The first-order valence-corrected chi connectivity index (χ1v) is 7.42. The molecule has 1 aliphatic carbocycles. The molecule has 1 unspecified atom stereocenters. The molecule has 2 fully saturated rings. The van der Waals surface area contributed by atoms with E-state index in [0.717, 1.165) is 38.4 Å². The number of hydrogen-bond donors (Lipinski definition) is 0. The van der Waals surface area contributed by atoms with Gasteiger partial charge in [0, 0.05) is 36.7 Å². The number of methoxy groups -OCH3 is 1. The molecule has 110 valence electrons. The summed E-state index contributed by atoms with van der Waals surface area (Å²) in [6.45, 7) is 2.93. The zero-order valence-corrected chi connectivity index (χ0v) is 11.9. The van der Waals surface area contributed by atoms with Gasteiger partial charge in [0.15, 0.2) is 0 Å². The molecule has 1 saturated heterocycles. The van der Waals surface area contributed by atoms with Crippen LogP contribution in [0, 0.1) is 17.6 Å². The van der Waals surface area contributed by atoms with Crippen LogP contribution in [-0.2, 0) is 0 Å². The summed E-state index contributed by atoms with van der Waals surface area (Å²) in [6.07, 6.45) is 4.50. The lowest BCUT2D eigenvalue weighted by Crippen LogP contribution is -2.36. The molecule has 0 radical (unpaired) electrons. The van der Waals surface area contributed by atoms with Crippen LogP contribution in [0.15, 0.2) is 12.1 Å². The van der Waals surface area contributed by atoms with Gasteiger partial charge in [0.05, 0.1) is 7.11 Å². The van der Waals surface area contributed by atoms with E-state index in [2.05, 4.69) is 4.90 Å². The average molecular weight is 281 g/mol. The van der Waals surface area contributed by atoms with E-state index < -0.39 is 11.6 Å².